The molecule has 9 heteroatoms. The predicted molar refractivity (Wildman–Crippen MR) is 136 cm³/mol. The average molecular weight is 485 g/mol. The zero-order chi connectivity index (χ0) is 25.1. The fourth-order valence-corrected chi connectivity index (χ4v) is 5.23. The topological polar surface area (TPSA) is 109 Å². The first-order chi connectivity index (χ1) is 16.9. The largest absolute Gasteiger partial charge is 0.493 e. The molecule has 3 heterocycles. The predicted octanol–water partition coefficient (Wildman–Crippen LogP) is 2.20. The molecule has 1 aromatic carbocycles. The molecule has 35 heavy (non-hydrogen) atoms. The van der Waals surface area contributed by atoms with Crippen molar-refractivity contribution in [1.29, 1.82) is 0 Å². The SMILES string of the molecule is CCCCCn1c(=O)c2c(OC)c(C(=O)NC3CCN([C@H](O)CO)CC3)n(C)c2c2ccccc21. The molecule has 0 radical (unpaired) electrons. The zero-order valence-corrected chi connectivity index (χ0v) is 20.8. The van der Waals surface area contributed by atoms with Gasteiger partial charge in [0.25, 0.3) is 11.5 Å². The van der Waals surface area contributed by atoms with Crippen LogP contribution in [0, 0.1) is 0 Å². The van der Waals surface area contributed by atoms with Gasteiger partial charge in [-0.05, 0) is 25.3 Å². The summed E-state index contributed by atoms with van der Waals surface area (Å²) in [4.78, 5) is 29.0. The Labute approximate surface area is 204 Å². The van der Waals surface area contributed by atoms with Gasteiger partial charge in [0, 0.05) is 38.1 Å². The first-order valence-corrected chi connectivity index (χ1v) is 12.4. The summed E-state index contributed by atoms with van der Waals surface area (Å²) in [7, 11) is 3.30. The van der Waals surface area contributed by atoms with Crippen molar-refractivity contribution >= 4 is 27.7 Å². The number of pyridine rings is 1. The zero-order valence-electron chi connectivity index (χ0n) is 20.8. The number of hydrogen-bond acceptors (Lipinski definition) is 6. The Morgan fingerprint density at radius 3 is 2.60 bits per heavy atom. The van der Waals surface area contributed by atoms with Crippen LogP contribution in [0.15, 0.2) is 29.1 Å². The van der Waals surface area contributed by atoms with Gasteiger partial charge in [0.05, 0.1) is 24.8 Å². The molecule has 1 aliphatic heterocycles. The highest BCUT2D eigenvalue weighted by molar-refractivity contribution is 6.12. The second-order valence-electron chi connectivity index (χ2n) is 9.29. The molecule has 1 fully saturated rings. The van der Waals surface area contributed by atoms with Gasteiger partial charge in [-0.15, -0.1) is 0 Å². The van der Waals surface area contributed by atoms with E-state index in [9.17, 15) is 19.8 Å². The summed E-state index contributed by atoms with van der Waals surface area (Å²) in [5.74, 6) is 0.0101. The van der Waals surface area contributed by atoms with Crippen molar-refractivity contribution in [3.8, 4) is 5.75 Å². The van der Waals surface area contributed by atoms with Crippen LogP contribution in [0.5, 0.6) is 5.75 Å². The van der Waals surface area contributed by atoms with Crippen molar-refractivity contribution in [2.24, 2.45) is 7.05 Å². The van der Waals surface area contributed by atoms with Crippen LogP contribution >= 0.6 is 0 Å². The molecular weight excluding hydrogens is 448 g/mol. The standard InChI is InChI=1S/C26H36N4O5/c1-4-5-8-13-30-19-10-7-6-9-18(19)22-21(26(30)34)24(35-3)23(28(22)2)25(33)27-17-11-14-29(15-12-17)20(32)16-31/h6-7,9-10,17,20,31-32H,4-5,8,11-16H2,1-3H3,(H,27,33)/t20-/m1/s1. The second-order valence-corrected chi connectivity index (χ2v) is 9.29. The Kier molecular flexibility index (Phi) is 7.78. The smallest absolute Gasteiger partial charge is 0.272 e. The van der Waals surface area contributed by atoms with Crippen molar-refractivity contribution in [1.82, 2.24) is 19.4 Å². The minimum Gasteiger partial charge on any atom is -0.493 e. The van der Waals surface area contributed by atoms with Crippen molar-refractivity contribution in [3.63, 3.8) is 0 Å². The van der Waals surface area contributed by atoms with E-state index in [0.29, 0.717) is 54.8 Å². The Balaban J connectivity index is 1.73. The summed E-state index contributed by atoms with van der Waals surface area (Å²) in [6.07, 6.45) is 3.43. The van der Waals surface area contributed by atoms with E-state index in [-0.39, 0.29) is 24.1 Å². The summed E-state index contributed by atoms with van der Waals surface area (Å²) in [6, 6.07) is 7.73. The van der Waals surface area contributed by atoms with Crippen LogP contribution in [0.1, 0.15) is 49.5 Å². The van der Waals surface area contributed by atoms with Gasteiger partial charge in [0.1, 0.15) is 11.6 Å². The number of para-hydroxylation sites is 1. The van der Waals surface area contributed by atoms with E-state index in [0.717, 1.165) is 30.2 Å². The number of aliphatic hydroxyl groups is 2. The molecule has 1 atom stereocenters. The number of carbonyl (C=O) groups excluding carboxylic acids is 1. The molecule has 0 saturated carbocycles. The number of carbonyl (C=O) groups is 1. The van der Waals surface area contributed by atoms with E-state index in [4.69, 9.17) is 4.74 Å². The molecule has 0 unspecified atom stereocenters. The van der Waals surface area contributed by atoms with Crippen LogP contribution in [0.25, 0.3) is 21.8 Å². The van der Waals surface area contributed by atoms with Crippen LogP contribution in [0.4, 0.5) is 0 Å². The molecule has 2 aromatic heterocycles. The lowest BCUT2D eigenvalue weighted by molar-refractivity contribution is -0.0462. The summed E-state index contributed by atoms with van der Waals surface area (Å²) in [5.41, 5.74) is 1.73. The normalized spacial score (nSPS) is 16.1. The maximum atomic E-state index is 13.7. The lowest BCUT2D eigenvalue weighted by Crippen LogP contribution is -2.49. The lowest BCUT2D eigenvalue weighted by atomic mass is 10.0. The number of amides is 1. The minimum atomic E-state index is -0.877. The van der Waals surface area contributed by atoms with E-state index in [1.54, 1.807) is 21.1 Å². The Morgan fingerprint density at radius 2 is 1.94 bits per heavy atom. The van der Waals surface area contributed by atoms with E-state index in [2.05, 4.69) is 12.2 Å². The third-order valence-electron chi connectivity index (χ3n) is 7.11. The fourth-order valence-electron chi connectivity index (χ4n) is 5.23. The molecule has 3 aromatic rings. The number of nitrogens with one attached hydrogen (secondary N) is 1. The number of aliphatic hydroxyl groups excluding tert-OH is 2. The number of hydrogen-bond donors (Lipinski definition) is 3. The van der Waals surface area contributed by atoms with Gasteiger partial charge in [0.15, 0.2) is 11.4 Å². The lowest BCUT2D eigenvalue weighted by Gasteiger charge is -2.34. The highest BCUT2D eigenvalue weighted by Crippen LogP contribution is 2.35. The molecule has 4 rings (SSSR count). The van der Waals surface area contributed by atoms with E-state index >= 15 is 0 Å². The number of piperidine rings is 1. The van der Waals surface area contributed by atoms with Gasteiger partial charge < -0.3 is 29.4 Å². The van der Waals surface area contributed by atoms with Gasteiger partial charge in [-0.25, -0.2) is 0 Å². The molecule has 1 saturated heterocycles. The molecule has 3 N–H and O–H groups in total. The van der Waals surface area contributed by atoms with Gasteiger partial charge in [-0.3, -0.25) is 14.5 Å². The number of likely N-dealkylation sites (tertiary alicyclic amines) is 1. The molecule has 190 valence electrons. The summed E-state index contributed by atoms with van der Waals surface area (Å²) in [5, 5.41) is 23.5. The number of unbranched alkanes of at least 4 members (excludes halogenated alkanes) is 2. The molecular formula is C26H36N4O5. The van der Waals surface area contributed by atoms with Crippen molar-refractivity contribution in [2.45, 2.75) is 57.8 Å². The summed E-state index contributed by atoms with van der Waals surface area (Å²) in [6.45, 7) is 3.58. The van der Waals surface area contributed by atoms with Crippen molar-refractivity contribution in [2.75, 3.05) is 26.8 Å². The monoisotopic (exact) mass is 484 g/mol. The molecule has 0 spiro atoms. The van der Waals surface area contributed by atoms with Gasteiger partial charge >= 0.3 is 0 Å². The maximum Gasteiger partial charge on any atom is 0.272 e. The summed E-state index contributed by atoms with van der Waals surface area (Å²) >= 11 is 0. The first-order valence-electron chi connectivity index (χ1n) is 12.4. The van der Waals surface area contributed by atoms with E-state index in [1.165, 1.54) is 7.11 Å². The first kappa shape index (κ1) is 25.2. The van der Waals surface area contributed by atoms with E-state index < -0.39 is 6.23 Å². The van der Waals surface area contributed by atoms with Crippen LogP contribution in [-0.4, -0.2) is 69.2 Å². The Hall–Kier alpha value is -2.88. The number of nitrogens with zero attached hydrogens (tertiary/aromatic N) is 3. The summed E-state index contributed by atoms with van der Waals surface area (Å²) < 4.78 is 9.28. The molecule has 0 aliphatic carbocycles. The van der Waals surface area contributed by atoms with Crippen molar-refractivity contribution < 1.29 is 19.7 Å². The van der Waals surface area contributed by atoms with E-state index in [1.807, 2.05) is 24.3 Å². The number of rotatable bonds is 9. The number of aryl methyl sites for hydroxylation is 2. The maximum absolute atomic E-state index is 13.7. The molecule has 9 nitrogen and oxygen atoms in total. The number of aromatic nitrogens is 2. The third-order valence-corrected chi connectivity index (χ3v) is 7.11. The number of methoxy groups -OCH3 is 1. The number of ether oxygens (including phenoxy) is 1. The Bertz CT molecular complexity index is 1260. The van der Waals surface area contributed by atoms with Gasteiger partial charge in [0.2, 0.25) is 0 Å². The second kappa shape index (κ2) is 10.8. The number of fused-ring (bicyclic) bond motifs is 3. The van der Waals surface area contributed by atoms with Crippen LogP contribution in [0.2, 0.25) is 0 Å². The Morgan fingerprint density at radius 1 is 1.23 bits per heavy atom. The molecule has 0 bridgehead atoms. The average Bonchev–Trinajstić information content (AvgIpc) is 3.18. The molecule has 1 aliphatic rings. The van der Waals surface area contributed by atoms with Crippen molar-refractivity contribution in [3.05, 3.63) is 40.3 Å². The van der Waals surface area contributed by atoms with Gasteiger partial charge in [-0.2, -0.15) is 0 Å². The quantitative estimate of drug-likeness (QED) is 0.402. The van der Waals surface area contributed by atoms with Gasteiger partial charge in [-0.1, -0.05) is 38.0 Å². The third kappa shape index (κ3) is 4.68. The van der Waals surface area contributed by atoms with Crippen LogP contribution in [-0.2, 0) is 13.6 Å². The fraction of sp³-hybridized carbons (Fsp3) is 0.538. The number of benzene rings is 1. The highest BCUT2D eigenvalue weighted by atomic mass is 16.5. The van der Waals surface area contributed by atoms with Crippen LogP contribution in [0.3, 0.4) is 0 Å². The molecule has 1 amide bonds. The highest BCUT2D eigenvalue weighted by Gasteiger charge is 2.30. The minimum absolute atomic E-state index is 0.0743. The van der Waals surface area contributed by atoms with Crippen LogP contribution < -0.4 is 15.6 Å².